The number of halogens is 2. The second-order valence-corrected chi connectivity index (χ2v) is 7.42. The summed E-state index contributed by atoms with van der Waals surface area (Å²) in [5.41, 5.74) is 7.76. The molecular formula is C26H23F2NO4. The lowest BCUT2D eigenvalue weighted by atomic mass is 9.97. The minimum Gasteiger partial charge on any atom is -0.488 e. The average Bonchev–Trinajstić information content (AvgIpc) is 3.31. The summed E-state index contributed by atoms with van der Waals surface area (Å²) in [5.74, 6) is -0.927. The highest BCUT2D eigenvalue weighted by Gasteiger charge is 2.20. The summed E-state index contributed by atoms with van der Waals surface area (Å²) in [6.07, 6.45) is 1.40. The first kappa shape index (κ1) is 22.5. The zero-order valence-corrected chi connectivity index (χ0v) is 18.1. The van der Waals surface area contributed by atoms with Crippen molar-refractivity contribution in [2.75, 3.05) is 6.61 Å². The van der Waals surface area contributed by atoms with Crippen LogP contribution in [-0.2, 0) is 29.1 Å². The van der Waals surface area contributed by atoms with E-state index in [-0.39, 0.29) is 54.2 Å². The van der Waals surface area contributed by atoms with Gasteiger partial charge in [-0.15, -0.1) is 0 Å². The summed E-state index contributed by atoms with van der Waals surface area (Å²) in [4.78, 5) is 11.9. The van der Waals surface area contributed by atoms with E-state index in [1.807, 2.05) is 0 Å². The van der Waals surface area contributed by atoms with E-state index in [2.05, 4.69) is 0 Å². The number of fused-ring (bicyclic) bond motifs is 1. The van der Waals surface area contributed by atoms with Crippen LogP contribution in [0.1, 0.15) is 23.6 Å². The van der Waals surface area contributed by atoms with Crippen LogP contribution >= 0.6 is 0 Å². The second kappa shape index (κ2) is 9.83. The van der Waals surface area contributed by atoms with E-state index in [1.165, 1.54) is 18.4 Å². The Hall–Kier alpha value is -3.71. The highest BCUT2D eigenvalue weighted by atomic mass is 19.1. The van der Waals surface area contributed by atoms with Gasteiger partial charge < -0.3 is 19.6 Å². The van der Waals surface area contributed by atoms with Crippen LogP contribution in [0.2, 0.25) is 0 Å². The van der Waals surface area contributed by atoms with Gasteiger partial charge in [0.1, 0.15) is 29.6 Å². The van der Waals surface area contributed by atoms with E-state index >= 15 is 8.78 Å². The monoisotopic (exact) mass is 451 g/mol. The molecule has 0 unspecified atom stereocenters. The molecule has 0 fully saturated rings. The van der Waals surface area contributed by atoms with Crippen molar-refractivity contribution in [1.82, 2.24) is 0 Å². The van der Waals surface area contributed by atoms with Crippen molar-refractivity contribution < 1.29 is 27.5 Å². The van der Waals surface area contributed by atoms with Gasteiger partial charge in [0, 0.05) is 34.4 Å². The summed E-state index contributed by atoms with van der Waals surface area (Å²) in [7, 11) is 0. The third-order valence-electron chi connectivity index (χ3n) is 5.33. The average molecular weight is 451 g/mol. The van der Waals surface area contributed by atoms with Crippen LogP contribution in [0, 0.1) is 11.6 Å². The smallest absolute Gasteiger partial charge is 0.310 e. The van der Waals surface area contributed by atoms with Crippen molar-refractivity contribution in [1.29, 1.82) is 0 Å². The predicted octanol–water partition coefficient (Wildman–Crippen LogP) is 5.52. The number of ether oxygens (including phenoxy) is 2. The van der Waals surface area contributed by atoms with Gasteiger partial charge in [0.15, 0.2) is 0 Å². The molecule has 0 saturated carbocycles. The molecule has 33 heavy (non-hydrogen) atoms. The number of hydrogen-bond acceptors (Lipinski definition) is 5. The first-order valence-corrected chi connectivity index (χ1v) is 10.6. The van der Waals surface area contributed by atoms with Crippen molar-refractivity contribution >= 4 is 16.9 Å². The van der Waals surface area contributed by atoms with Gasteiger partial charge in [-0.05, 0) is 25.1 Å². The summed E-state index contributed by atoms with van der Waals surface area (Å²) in [6, 6.07) is 14.9. The van der Waals surface area contributed by atoms with Gasteiger partial charge in [-0.3, -0.25) is 4.79 Å². The quantitative estimate of drug-likeness (QED) is 0.357. The molecule has 5 nitrogen and oxygen atoms in total. The van der Waals surface area contributed by atoms with Crippen LogP contribution in [0.4, 0.5) is 8.78 Å². The number of para-hydroxylation sites is 1. The van der Waals surface area contributed by atoms with Crippen molar-refractivity contribution in [2.24, 2.45) is 5.73 Å². The molecular weight excluding hydrogens is 428 g/mol. The summed E-state index contributed by atoms with van der Waals surface area (Å²) >= 11 is 0. The molecule has 1 aromatic heterocycles. The summed E-state index contributed by atoms with van der Waals surface area (Å²) in [6.45, 7) is 1.93. The second-order valence-electron chi connectivity index (χ2n) is 7.42. The first-order valence-electron chi connectivity index (χ1n) is 10.6. The van der Waals surface area contributed by atoms with Gasteiger partial charge >= 0.3 is 5.97 Å². The molecule has 1 heterocycles. The fourth-order valence-corrected chi connectivity index (χ4v) is 3.73. The van der Waals surface area contributed by atoms with Crippen molar-refractivity contribution in [3.8, 4) is 16.9 Å². The third-order valence-corrected chi connectivity index (χ3v) is 5.33. The number of carbonyl (C=O) groups excluding carboxylic acids is 1. The van der Waals surface area contributed by atoms with Gasteiger partial charge in [-0.25, -0.2) is 8.78 Å². The lowest BCUT2D eigenvalue weighted by molar-refractivity contribution is -0.142. The molecule has 170 valence electrons. The molecule has 4 rings (SSSR count). The summed E-state index contributed by atoms with van der Waals surface area (Å²) < 4.78 is 46.6. The largest absolute Gasteiger partial charge is 0.488 e. The Morgan fingerprint density at radius 1 is 0.970 bits per heavy atom. The molecule has 0 spiro atoms. The fraction of sp³-hybridized carbons (Fsp3) is 0.192. The van der Waals surface area contributed by atoms with E-state index in [1.54, 1.807) is 49.4 Å². The molecule has 0 radical (unpaired) electrons. The molecule has 0 saturated heterocycles. The Morgan fingerprint density at radius 3 is 2.55 bits per heavy atom. The van der Waals surface area contributed by atoms with E-state index < -0.39 is 11.6 Å². The Morgan fingerprint density at radius 2 is 1.76 bits per heavy atom. The van der Waals surface area contributed by atoms with Gasteiger partial charge in [0.05, 0.1) is 24.7 Å². The molecule has 0 amide bonds. The first-order chi connectivity index (χ1) is 16.0. The summed E-state index contributed by atoms with van der Waals surface area (Å²) in [5, 5.41) is 0.225. The molecule has 3 aromatic carbocycles. The Bertz CT molecular complexity index is 1300. The Balaban J connectivity index is 1.70. The number of nitrogens with two attached hydrogens (primary N) is 1. The van der Waals surface area contributed by atoms with Gasteiger partial charge in [-0.1, -0.05) is 36.4 Å². The van der Waals surface area contributed by atoms with Crippen LogP contribution in [-0.4, -0.2) is 12.6 Å². The lowest BCUT2D eigenvalue weighted by Crippen LogP contribution is -2.09. The zero-order valence-electron chi connectivity index (χ0n) is 18.1. The van der Waals surface area contributed by atoms with Gasteiger partial charge in [0.25, 0.3) is 0 Å². The fourth-order valence-electron chi connectivity index (χ4n) is 3.73. The van der Waals surface area contributed by atoms with E-state index in [0.717, 1.165) is 0 Å². The van der Waals surface area contributed by atoms with Crippen LogP contribution < -0.4 is 10.5 Å². The standard InChI is InChI=1S/C26H23F2NO4/c1-2-31-23(30)13-16-6-3-4-9-22(16)33-15-18-12-21(26-20(25(18)28)10-11-32-26)19-8-5-7-17(14-29)24(19)27/h3-12H,2,13-15,29H2,1H3. The molecule has 0 atom stereocenters. The maximum atomic E-state index is 15.2. The SMILES string of the molecule is CCOC(=O)Cc1ccccc1OCc1cc(-c2cccc(CN)c2F)c2occc2c1F. The van der Waals surface area contributed by atoms with Crippen molar-refractivity contribution in [3.05, 3.63) is 89.2 Å². The Labute approximate surface area is 189 Å². The molecule has 2 N–H and O–H groups in total. The van der Waals surface area contributed by atoms with Gasteiger partial charge in [-0.2, -0.15) is 0 Å². The minimum absolute atomic E-state index is 0.0371. The highest BCUT2D eigenvalue weighted by molar-refractivity contribution is 5.94. The number of benzene rings is 3. The molecule has 0 aliphatic rings. The van der Waals surface area contributed by atoms with E-state index in [0.29, 0.717) is 22.4 Å². The van der Waals surface area contributed by atoms with Crippen LogP contribution in [0.25, 0.3) is 22.1 Å². The third kappa shape index (κ3) is 4.59. The molecule has 4 aromatic rings. The van der Waals surface area contributed by atoms with Gasteiger partial charge in [0.2, 0.25) is 0 Å². The predicted molar refractivity (Wildman–Crippen MR) is 121 cm³/mol. The number of carbonyl (C=O) groups is 1. The van der Waals surface area contributed by atoms with Crippen LogP contribution in [0.3, 0.4) is 0 Å². The minimum atomic E-state index is -0.513. The molecule has 0 bridgehead atoms. The number of hydrogen-bond donors (Lipinski definition) is 1. The normalized spacial score (nSPS) is 11.0. The Kier molecular flexibility index (Phi) is 6.70. The highest BCUT2D eigenvalue weighted by Crippen LogP contribution is 2.36. The molecule has 0 aliphatic heterocycles. The van der Waals surface area contributed by atoms with E-state index in [9.17, 15) is 4.79 Å². The van der Waals surface area contributed by atoms with Crippen LogP contribution in [0.15, 0.2) is 65.3 Å². The molecule has 0 aliphatic carbocycles. The lowest BCUT2D eigenvalue weighted by Gasteiger charge is -2.14. The van der Waals surface area contributed by atoms with Crippen molar-refractivity contribution in [2.45, 2.75) is 26.5 Å². The van der Waals surface area contributed by atoms with E-state index in [4.69, 9.17) is 19.6 Å². The topological polar surface area (TPSA) is 74.7 Å². The number of rotatable bonds is 8. The van der Waals surface area contributed by atoms with Crippen molar-refractivity contribution in [3.63, 3.8) is 0 Å². The number of esters is 1. The maximum Gasteiger partial charge on any atom is 0.310 e. The molecule has 7 heteroatoms. The number of furan rings is 1. The zero-order chi connectivity index (χ0) is 23.4. The maximum absolute atomic E-state index is 15.2. The van der Waals surface area contributed by atoms with Crippen LogP contribution in [0.5, 0.6) is 5.75 Å².